The van der Waals surface area contributed by atoms with Gasteiger partial charge in [0.15, 0.2) is 5.13 Å². The highest BCUT2D eigenvalue weighted by atomic mass is 35.5. The molecule has 0 unspecified atom stereocenters. The Morgan fingerprint density at radius 1 is 1.23 bits per heavy atom. The van der Waals surface area contributed by atoms with Crippen LogP contribution < -0.4 is 15.4 Å². The number of thiazole rings is 1. The van der Waals surface area contributed by atoms with Gasteiger partial charge in [-0.2, -0.15) is 0 Å². The Bertz CT molecular complexity index is 1000. The van der Waals surface area contributed by atoms with Gasteiger partial charge < -0.3 is 20.3 Å². The van der Waals surface area contributed by atoms with Gasteiger partial charge in [-0.05, 0) is 45.3 Å². The Morgan fingerprint density at radius 3 is 2.68 bits per heavy atom. The standard InChI is InChI=1S/C20H22ClN5O2S.2ClH/c1-13-12-29-20(24-13)25-18-11-15(6-7-22-18)28-17-10-14(4-5-16(17)21)19(27)23-8-9-26(2)3;;/h4-7,10-12H,8-9H2,1-3H3,(H,23,27)(H,22,24,25);2*1H. The third-order valence-corrected chi connectivity index (χ3v) is 5.04. The summed E-state index contributed by atoms with van der Waals surface area (Å²) in [4.78, 5) is 23.0. The number of amides is 1. The highest BCUT2D eigenvalue weighted by molar-refractivity contribution is 7.13. The molecule has 0 atom stereocenters. The predicted octanol–water partition coefficient (Wildman–Crippen LogP) is 5.17. The molecule has 0 aliphatic rings. The molecule has 0 spiro atoms. The van der Waals surface area contributed by atoms with Gasteiger partial charge in [0.25, 0.3) is 5.91 Å². The highest BCUT2D eigenvalue weighted by Gasteiger charge is 2.11. The Hall–Kier alpha value is -2.10. The third-order valence-electron chi connectivity index (χ3n) is 3.85. The van der Waals surface area contributed by atoms with E-state index in [0.29, 0.717) is 34.4 Å². The van der Waals surface area contributed by atoms with E-state index in [2.05, 4.69) is 20.6 Å². The number of aryl methyl sites for hydroxylation is 1. The first kappa shape index (κ1) is 26.9. The van der Waals surface area contributed by atoms with Gasteiger partial charge in [-0.3, -0.25) is 4.79 Å². The maximum Gasteiger partial charge on any atom is 0.251 e. The van der Waals surface area contributed by atoms with E-state index >= 15 is 0 Å². The van der Waals surface area contributed by atoms with E-state index in [-0.39, 0.29) is 30.7 Å². The smallest absolute Gasteiger partial charge is 0.251 e. The second-order valence-electron chi connectivity index (χ2n) is 6.60. The van der Waals surface area contributed by atoms with Gasteiger partial charge in [-0.15, -0.1) is 36.2 Å². The van der Waals surface area contributed by atoms with Crippen LogP contribution in [0, 0.1) is 6.92 Å². The highest BCUT2D eigenvalue weighted by Crippen LogP contribution is 2.31. The molecule has 11 heteroatoms. The van der Waals surface area contributed by atoms with Crippen LogP contribution in [0.1, 0.15) is 16.1 Å². The molecule has 3 aromatic rings. The van der Waals surface area contributed by atoms with Crippen LogP contribution in [0.5, 0.6) is 11.5 Å². The number of hydrogen-bond donors (Lipinski definition) is 2. The van der Waals surface area contributed by atoms with Gasteiger partial charge in [0.05, 0.1) is 10.7 Å². The van der Waals surface area contributed by atoms with E-state index in [1.165, 1.54) is 11.3 Å². The summed E-state index contributed by atoms with van der Waals surface area (Å²) in [6.07, 6.45) is 1.63. The number of benzene rings is 1. The molecule has 1 aromatic carbocycles. The van der Waals surface area contributed by atoms with Gasteiger partial charge in [0.2, 0.25) is 0 Å². The SMILES string of the molecule is Cc1csc(Nc2cc(Oc3cc(C(=O)NCCN(C)C)ccc3Cl)ccn2)n1.Cl.Cl. The number of halogens is 3. The molecular weight excluding hydrogens is 481 g/mol. The lowest BCUT2D eigenvalue weighted by molar-refractivity contribution is 0.0950. The lowest BCUT2D eigenvalue weighted by Gasteiger charge is -2.12. The molecule has 2 heterocycles. The molecule has 31 heavy (non-hydrogen) atoms. The fourth-order valence-electron chi connectivity index (χ4n) is 2.41. The number of pyridine rings is 1. The number of likely N-dealkylation sites (N-methyl/N-ethyl adjacent to an activating group) is 1. The average Bonchev–Trinajstić information content (AvgIpc) is 3.08. The van der Waals surface area contributed by atoms with Crippen molar-refractivity contribution in [2.45, 2.75) is 6.92 Å². The van der Waals surface area contributed by atoms with Gasteiger partial charge >= 0.3 is 0 Å². The number of nitrogens with zero attached hydrogens (tertiary/aromatic N) is 3. The molecule has 2 N–H and O–H groups in total. The zero-order valence-electron chi connectivity index (χ0n) is 17.2. The lowest BCUT2D eigenvalue weighted by atomic mass is 10.2. The minimum atomic E-state index is -0.176. The molecular formula is C20H24Cl3N5O2S. The van der Waals surface area contributed by atoms with Crippen molar-refractivity contribution in [3.63, 3.8) is 0 Å². The number of carbonyl (C=O) groups is 1. The average molecular weight is 505 g/mol. The summed E-state index contributed by atoms with van der Waals surface area (Å²) in [5.41, 5.74) is 1.42. The van der Waals surface area contributed by atoms with E-state index in [4.69, 9.17) is 16.3 Å². The summed E-state index contributed by atoms with van der Waals surface area (Å²) < 4.78 is 5.91. The van der Waals surface area contributed by atoms with Crippen molar-refractivity contribution in [3.05, 3.63) is 58.2 Å². The van der Waals surface area contributed by atoms with Crippen LogP contribution in [0.4, 0.5) is 10.9 Å². The molecule has 3 rings (SSSR count). The summed E-state index contributed by atoms with van der Waals surface area (Å²) in [6, 6.07) is 8.42. The first-order valence-corrected chi connectivity index (χ1v) is 10.2. The third kappa shape index (κ3) is 8.16. The van der Waals surface area contributed by atoms with E-state index in [1.54, 1.807) is 36.5 Å². The minimum absolute atomic E-state index is 0. The van der Waals surface area contributed by atoms with Gasteiger partial charge in [-0.25, -0.2) is 9.97 Å². The second-order valence-corrected chi connectivity index (χ2v) is 7.87. The Labute approximate surface area is 203 Å². The van der Waals surface area contributed by atoms with Crippen LogP contribution in [0.2, 0.25) is 5.02 Å². The molecule has 1 amide bonds. The van der Waals surface area contributed by atoms with Crippen molar-refractivity contribution in [2.24, 2.45) is 0 Å². The van der Waals surface area contributed by atoms with E-state index in [1.807, 2.05) is 31.3 Å². The van der Waals surface area contributed by atoms with Crippen molar-refractivity contribution < 1.29 is 9.53 Å². The van der Waals surface area contributed by atoms with Crippen LogP contribution in [-0.4, -0.2) is 48.0 Å². The van der Waals surface area contributed by atoms with Crippen molar-refractivity contribution >= 4 is 64.6 Å². The Morgan fingerprint density at radius 2 is 2.00 bits per heavy atom. The van der Waals surface area contributed by atoms with Crippen molar-refractivity contribution in [1.29, 1.82) is 0 Å². The summed E-state index contributed by atoms with van der Waals surface area (Å²) >= 11 is 7.76. The van der Waals surface area contributed by atoms with Gasteiger partial charge in [-0.1, -0.05) is 11.6 Å². The molecule has 2 aromatic heterocycles. The van der Waals surface area contributed by atoms with E-state index < -0.39 is 0 Å². The molecule has 0 radical (unpaired) electrons. The molecule has 7 nitrogen and oxygen atoms in total. The number of anilines is 2. The topological polar surface area (TPSA) is 79.4 Å². The van der Waals surface area contributed by atoms with Crippen LogP contribution in [0.3, 0.4) is 0 Å². The van der Waals surface area contributed by atoms with Gasteiger partial charge in [0.1, 0.15) is 17.3 Å². The molecule has 0 aliphatic carbocycles. The Balaban J connectivity index is 0.00000240. The molecule has 0 aliphatic heterocycles. The number of rotatable bonds is 8. The van der Waals surface area contributed by atoms with Crippen LogP contribution in [-0.2, 0) is 0 Å². The lowest BCUT2D eigenvalue weighted by Crippen LogP contribution is -2.31. The molecule has 168 valence electrons. The summed E-state index contributed by atoms with van der Waals surface area (Å²) in [6.45, 7) is 3.24. The van der Waals surface area contributed by atoms with Crippen molar-refractivity contribution in [2.75, 3.05) is 32.5 Å². The molecule has 0 fully saturated rings. The van der Waals surface area contributed by atoms with Crippen LogP contribution in [0.25, 0.3) is 0 Å². The number of hydrogen-bond acceptors (Lipinski definition) is 7. The maximum atomic E-state index is 12.3. The first-order chi connectivity index (χ1) is 13.9. The predicted molar refractivity (Wildman–Crippen MR) is 131 cm³/mol. The fourth-order valence-corrected chi connectivity index (χ4v) is 3.26. The first-order valence-electron chi connectivity index (χ1n) is 8.96. The molecule has 0 bridgehead atoms. The number of carbonyl (C=O) groups excluding carboxylic acids is 1. The van der Waals surface area contributed by atoms with Crippen LogP contribution in [0.15, 0.2) is 41.9 Å². The minimum Gasteiger partial charge on any atom is -0.456 e. The number of aromatic nitrogens is 2. The summed E-state index contributed by atoms with van der Waals surface area (Å²) in [5.74, 6) is 1.37. The maximum absolute atomic E-state index is 12.3. The molecule has 0 saturated carbocycles. The second kappa shape index (κ2) is 12.7. The monoisotopic (exact) mass is 503 g/mol. The van der Waals surface area contributed by atoms with Gasteiger partial charge in [0, 0.05) is 36.3 Å². The van der Waals surface area contributed by atoms with Crippen LogP contribution >= 0.6 is 47.8 Å². The normalized spacial score (nSPS) is 10.1. The summed E-state index contributed by atoms with van der Waals surface area (Å²) in [7, 11) is 3.90. The zero-order chi connectivity index (χ0) is 20.8. The van der Waals surface area contributed by atoms with E-state index in [9.17, 15) is 4.79 Å². The number of nitrogens with one attached hydrogen (secondary N) is 2. The summed E-state index contributed by atoms with van der Waals surface area (Å²) in [5, 5.41) is 9.14. The fraction of sp³-hybridized carbons (Fsp3) is 0.250. The van der Waals surface area contributed by atoms with Crippen molar-refractivity contribution in [3.8, 4) is 11.5 Å². The van der Waals surface area contributed by atoms with E-state index in [0.717, 1.165) is 17.4 Å². The quantitative estimate of drug-likeness (QED) is 0.440. The largest absolute Gasteiger partial charge is 0.456 e. The Kier molecular flexibility index (Phi) is 11.0. The zero-order valence-corrected chi connectivity index (χ0v) is 20.4. The number of ether oxygens (including phenoxy) is 1. The molecule has 0 saturated heterocycles. The van der Waals surface area contributed by atoms with Crippen molar-refractivity contribution in [1.82, 2.24) is 20.2 Å².